The number of methoxy groups -OCH3 is 3. The molecule has 1 aliphatic heterocycles. The Morgan fingerprint density at radius 3 is 2.23 bits per heavy atom. The van der Waals surface area contributed by atoms with Crippen LogP contribution >= 0.6 is 11.8 Å². The number of rotatable bonds is 7. The molecule has 8 nitrogen and oxygen atoms in total. The van der Waals surface area contributed by atoms with Gasteiger partial charge in [-0.05, 0) is 47.7 Å². The van der Waals surface area contributed by atoms with E-state index in [2.05, 4.69) is 5.32 Å². The number of nitrogens with zero attached hydrogens (tertiary/aromatic N) is 1. The number of carbonyl (C=O) groups is 3. The molecule has 0 aromatic heterocycles. The Bertz CT molecular complexity index is 981. The van der Waals surface area contributed by atoms with Crippen LogP contribution in [0.2, 0.25) is 0 Å². The van der Waals surface area contributed by atoms with Crippen molar-refractivity contribution in [3.63, 3.8) is 0 Å². The molecule has 0 aliphatic carbocycles. The Kier molecular flexibility index (Phi) is 6.63. The van der Waals surface area contributed by atoms with Crippen LogP contribution in [0.1, 0.15) is 5.56 Å². The number of para-hydroxylation sites is 1. The third kappa shape index (κ3) is 4.57. The van der Waals surface area contributed by atoms with Crippen LogP contribution in [0.4, 0.5) is 10.5 Å². The molecule has 0 saturated carbocycles. The second kappa shape index (κ2) is 9.36. The largest absolute Gasteiger partial charge is 0.493 e. The molecular weight excluding hydrogens is 408 g/mol. The summed E-state index contributed by atoms with van der Waals surface area (Å²) in [4.78, 5) is 38.3. The Balaban J connectivity index is 1.78. The molecule has 1 aliphatic rings. The summed E-state index contributed by atoms with van der Waals surface area (Å²) in [6.45, 7) is -0.369. The van der Waals surface area contributed by atoms with Crippen LogP contribution in [0, 0.1) is 0 Å². The first-order valence-electron chi connectivity index (χ1n) is 8.87. The van der Waals surface area contributed by atoms with Crippen LogP contribution in [0.5, 0.6) is 17.2 Å². The van der Waals surface area contributed by atoms with Gasteiger partial charge in [-0.25, -0.2) is 0 Å². The fourth-order valence-corrected chi connectivity index (χ4v) is 3.68. The minimum Gasteiger partial charge on any atom is -0.493 e. The van der Waals surface area contributed by atoms with E-state index >= 15 is 0 Å². The zero-order chi connectivity index (χ0) is 21.7. The van der Waals surface area contributed by atoms with Gasteiger partial charge in [0.15, 0.2) is 11.5 Å². The smallest absolute Gasteiger partial charge is 0.294 e. The van der Waals surface area contributed by atoms with Gasteiger partial charge in [0.1, 0.15) is 6.54 Å². The number of hydrogen-bond acceptors (Lipinski definition) is 7. The minimum atomic E-state index is -0.540. The van der Waals surface area contributed by atoms with Gasteiger partial charge in [-0.2, -0.15) is 0 Å². The highest BCUT2D eigenvalue weighted by atomic mass is 32.2. The van der Waals surface area contributed by atoms with Gasteiger partial charge in [-0.3, -0.25) is 19.3 Å². The van der Waals surface area contributed by atoms with E-state index in [1.54, 1.807) is 42.5 Å². The summed E-state index contributed by atoms with van der Waals surface area (Å²) >= 11 is 0.767. The highest BCUT2D eigenvalue weighted by molar-refractivity contribution is 8.18. The van der Waals surface area contributed by atoms with Gasteiger partial charge in [0.25, 0.3) is 11.1 Å². The highest BCUT2D eigenvalue weighted by Crippen LogP contribution is 2.40. The molecule has 0 radical (unpaired) electrons. The maximum atomic E-state index is 12.7. The molecule has 2 aromatic carbocycles. The lowest BCUT2D eigenvalue weighted by Gasteiger charge is -2.13. The molecule has 0 spiro atoms. The fraction of sp³-hybridized carbons (Fsp3) is 0.190. The summed E-state index contributed by atoms with van der Waals surface area (Å²) in [6, 6.07) is 12.1. The van der Waals surface area contributed by atoms with Crippen molar-refractivity contribution in [2.45, 2.75) is 0 Å². The molecule has 0 unspecified atom stereocenters. The SMILES string of the molecule is COc1cc(/C=C2/SC(=O)N(CC(=O)Nc3ccccc3)C2=O)cc(OC)c1OC. The van der Waals surface area contributed by atoms with Crippen molar-refractivity contribution in [2.75, 3.05) is 33.2 Å². The lowest BCUT2D eigenvalue weighted by Crippen LogP contribution is -2.36. The van der Waals surface area contributed by atoms with Gasteiger partial charge in [0.2, 0.25) is 11.7 Å². The first-order valence-corrected chi connectivity index (χ1v) is 9.68. The maximum Gasteiger partial charge on any atom is 0.294 e. The molecule has 2 aromatic rings. The molecule has 3 amide bonds. The quantitative estimate of drug-likeness (QED) is 0.676. The predicted molar refractivity (Wildman–Crippen MR) is 114 cm³/mol. The van der Waals surface area contributed by atoms with Gasteiger partial charge >= 0.3 is 0 Å². The summed E-state index contributed by atoms with van der Waals surface area (Å²) in [5.41, 5.74) is 1.17. The highest BCUT2D eigenvalue weighted by Gasteiger charge is 2.36. The van der Waals surface area contributed by atoms with Crippen LogP contribution < -0.4 is 19.5 Å². The Hall–Kier alpha value is -3.46. The summed E-state index contributed by atoms with van der Waals surface area (Å²) in [5.74, 6) is 0.261. The zero-order valence-corrected chi connectivity index (χ0v) is 17.4. The molecular formula is C21H20N2O6S. The molecule has 3 rings (SSSR count). The standard InChI is InChI=1S/C21H20N2O6S/c1-27-15-9-13(10-16(28-2)19(15)29-3)11-17-20(25)23(21(26)30-17)12-18(24)22-14-7-5-4-6-8-14/h4-11H,12H2,1-3H3,(H,22,24)/b17-11+. The zero-order valence-electron chi connectivity index (χ0n) is 16.6. The molecule has 0 bridgehead atoms. The third-order valence-electron chi connectivity index (χ3n) is 4.22. The summed E-state index contributed by atoms with van der Waals surface area (Å²) in [7, 11) is 4.46. The van der Waals surface area contributed by atoms with Gasteiger partial charge in [-0.1, -0.05) is 18.2 Å². The van der Waals surface area contributed by atoms with E-state index in [-0.39, 0.29) is 11.4 Å². The topological polar surface area (TPSA) is 94.2 Å². The Morgan fingerprint density at radius 1 is 1.03 bits per heavy atom. The number of carbonyl (C=O) groups excluding carboxylic acids is 3. The normalized spacial score (nSPS) is 14.8. The molecule has 1 heterocycles. The van der Waals surface area contributed by atoms with Crippen LogP contribution in [-0.2, 0) is 9.59 Å². The van der Waals surface area contributed by atoms with Crippen LogP contribution in [0.15, 0.2) is 47.4 Å². The number of imide groups is 1. The van der Waals surface area contributed by atoms with Gasteiger partial charge < -0.3 is 19.5 Å². The van der Waals surface area contributed by atoms with Crippen LogP contribution in [0.3, 0.4) is 0 Å². The number of thioether (sulfide) groups is 1. The molecule has 1 fully saturated rings. The first kappa shape index (κ1) is 21.3. The molecule has 9 heteroatoms. The van der Waals surface area contributed by atoms with E-state index in [9.17, 15) is 14.4 Å². The average Bonchev–Trinajstić information content (AvgIpc) is 3.00. The van der Waals surface area contributed by atoms with Gasteiger partial charge in [0.05, 0.1) is 26.2 Å². The van der Waals surface area contributed by atoms with Crippen LogP contribution in [-0.4, -0.2) is 49.8 Å². The Morgan fingerprint density at radius 2 is 1.67 bits per heavy atom. The molecule has 0 atom stereocenters. The number of anilines is 1. The fourth-order valence-electron chi connectivity index (χ4n) is 2.84. The predicted octanol–water partition coefficient (Wildman–Crippen LogP) is 3.39. The molecule has 30 heavy (non-hydrogen) atoms. The number of nitrogens with one attached hydrogen (secondary N) is 1. The average molecular weight is 428 g/mol. The number of hydrogen-bond donors (Lipinski definition) is 1. The van der Waals surface area contributed by atoms with Crippen molar-refractivity contribution in [2.24, 2.45) is 0 Å². The lowest BCUT2D eigenvalue weighted by molar-refractivity contribution is -0.127. The monoisotopic (exact) mass is 428 g/mol. The summed E-state index contributed by atoms with van der Waals surface area (Å²) in [5, 5.41) is 2.14. The molecule has 1 saturated heterocycles. The van der Waals surface area contributed by atoms with Crippen molar-refractivity contribution in [1.82, 2.24) is 4.90 Å². The van der Waals surface area contributed by atoms with Gasteiger partial charge in [0, 0.05) is 5.69 Å². The lowest BCUT2D eigenvalue weighted by atomic mass is 10.1. The molecule has 1 N–H and O–H groups in total. The van der Waals surface area contributed by atoms with Crippen molar-refractivity contribution in [1.29, 1.82) is 0 Å². The number of benzene rings is 2. The minimum absolute atomic E-state index is 0.196. The maximum absolute atomic E-state index is 12.7. The van der Waals surface area contributed by atoms with Crippen molar-refractivity contribution < 1.29 is 28.6 Å². The number of ether oxygens (including phenoxy) is 3. The second-order valence-electron chi connectivity index (χ2n) is 6.14. The van der Waals surface area contributed by atoms with Gasteiger partial charge in [-0.15, -0.1) is 0 Å². The second-order valence-corrected chi connectivity index (χ2v) is 7.13. The van der Waals surface area contributed by atoms with E-state index in [0.29, 0.717) is 28.5 Å². The van der Waals surface area contributed by atoms with E-state index in [0.717, 1.165) is 16.7 Å². The van der Waals surface area contributed by atoms with Crippen molar-refractivity contribution in [3.05, 3.63) is 52.9 Å². The van der Waals surface area contributed by atoms with E-state index < -0.39 is 17.1 Å². The van der Waals surface area contributed by atoms with Crippen LogP contribution in [0.25, 0.3) is 6.08 Å². The van der Waals surface area contributed by atoms with E-state index in [1.807, 2.05) is 6.07 Å². The molecule has 156 valence electrons. The number of amides is 3. The third-order valence-corrected chi connectivity index (χ3v) is 5.13. The summed E-state index contributed by atoms with van der Waals surface area (Å²) in [6.07, 6.45) is 1.55. The van der Waals surface area contributed by atoms with E-state index in [1.165, 1.54) is 21.3 Å². The first-order chi connectivity index (χ1) is 14.5. The Labute approximate surface area is 177 Å². The van der Waals surface area contributed by atoms with Crippen molar-refractivity contribution in [3.8, 4) is 17.2 Å². The van der Waals surface area contributed by atoms with E-state index in [4.69, 9.17) is 14.2 Å². The summed E-state index contributed by atoms with van der Waals surface area (Å²) < 4.78 is 15.9. The van der Waals surface area contributed by atoms with Crippen molar-refractivity contribution >= 4 is 40.6 Å².